The molecule has 1 spiro atoms. The Balaban J connectivity index is 1.83. The number of hydrogen-bond acceptors (Lipinski definition) is 3. The standard InChI is InChI=1S/C15H19ClO3/c1-11-2-3-13(16)12(10-11)14(17)4-6-15(7-5-14)18-8-9-19-15/h2-3,10,17H,4-9H2,1H3. The van der Waals surface area contributed by atoms with E-state index in [9.17, 15) is 5.11 Å². The molecule has 3 nitrogen and oxygen atoms in total. The highest BCUT2D eigenvalue weighted by Gasteiger charge is 2.46. The number of aliphatic hydroxyl groups is 1. The number of aryl methyl sites for hydroxylation is 1. The van der Waals surface area contributed by atoms with Crippen molar-refractivity contribution >= 4 is 11.6 Å². The fourth-order valence-corrected chi connectivity index (χ4v) is 3.39. The van der Waals surface area contributed by atoms with Crippen LogP contribution in [0.5, 0.6) is 0 Å². The minimum absolute atomic E-state index is 0.456. The maximum absolute atomic E-state index is 10.9. The van der Waals surface area contributed by atoms with E-state index in [1.807, 2.05) is 25.1 Å². The highest BCUT2D eigenvalue weighted by atomic mass is 35.5. The molecule has 0 radical (unpaired) electrons. The van der Waals surface area contributed by atoms with Crippen molar-refractivity contribution < 1.29 is 14.6 Å². The average Bonchev–Trinajstić information content (AvgIpc) is 2.85. The molecule has 104 valence electrons. The molecule has 1 aromatic carbocycles. The molecular formula is C15H19ClO3. The summed E-state index contributed by atoms with van der Waals surface area (Å²) in [5.74, 6) is -0.456. The van der Waals surface area contributed by atoms with Crippen LogP contribution in [-0.4, -0.2) is 24.1 Å². The fourth-order valence-electron chi connectivity index (χ4n) is 3.10. The minimum atomic E-state index is -0.857. The second-order valence-electron chi connectivity index (χ2n) is 5.62. The molecule has 0 atom stereocenters. The van der Waals surface area contributed by atoms with Crippen LogP contribution in [0.1, 0.15) is 36.8 Å². The van der Waals surface area contributed by atoms with E-state index in [4.69, 9.17) is 21.1 Å². The number of hydrogen-bond donors (Lipinski definition) is 1. The van der Waals surface area contributed by atoms with Crippen LogP contribution >= 0.6 is 11.6 Å². The van der Waals surface area contributed by atoms with Gasteiger partial charge in [-0.05, 0) is 25.8 Å². The molecule has 1 aromatic rings. The third kappa shape index (κ3) is 2.40. The van der Waals surface area contributed by atoms with Gasteiger partial charge in [0.05, 0.1) is 18.8 Å². The smallest absolute Gasteiger partial charge is 0.168 e. The highest BCUT2D eigenvalue weighted by Crippen LogP contribution is 2.46. The van der Waals surface area contributed by atoms with E-state index < -0.39 is 11.4 Å². The third-order valence-corrected chi connectivity index (χ3v) is 4.61. The Kier molecular flexibility index (Phi) is 3.34. The van der Waals surface area contributed by atoms with E-state index in [1.54, 1.807) is 0 Å². The molecule has 0 bridgehead atoms. The molecule has 0 unspecified atom stereocenters. The number of halogens is 1. The lowest BCUT2D eigenvalue weighted by molar-refractivity contribution is -0.204. The van der Waals surface area contributed by atoms with Crippen molar-refractivity contribution in [3.63, 3.8) is 0 Å². The summed E-state index contributed by atoms with van der Waals surface area (Å²) in [6.07, 6.45) is 2.67. The molecule has 1 N–H and O–H groups in total. The first-order chi connectivity index (χ1) is 9.03. The average molecular weight is 283 g/mol. The van der Waals surface area contributed by atoms with E-state index in [-0.39, 0.29) is 0 Å². The van der Waals surface area contributed by atoms with Crippen LogP contribution in [0.25, 0.3) is 0 Å². The molecule has 3 rings (SSSR count). The molecule has 0 aromatic heterocycles. The van der Waals surface area contributed by atoms with Gasteiger partial charge >= 0.3 is 0 Å². The zero-order chi connectivity index (χ0) is 13.5. The molecule has 1 heterocycles. The summed E-state index contributed by atoms with van der Waals surface area (Å²) in [4.78, 5) is 0. The monoisotopic (exact) mass is 282 g/mol. The van der Waals surface area contributed by atoms with Gasteiger partial charge in [-0.2, -0.15) is 0 Å². The molecule has 1 aliphatic heterocycles. The third-order valence-electron chi connectivity index (χ3n) is 4.28. The van der Waals surface area contributed by atoms with Gasteiger partial charge in [-0.3, -0.25) is 0 Å². The summed E-state index contributed by atoms with van der Waals surface area (Å²) in [5, 5.41) is 11.5. The van der Waals surface area contributed by atoms with Crippen molar-refractivity contribution in [2.45, 2.75) is 44.0 Å². The fraction of sp³-hybridized carbons (Fsp3) is 0.600. The largest absolute Gasteiger partial charge is 0.385 e. The quantitative estimate of drug-likeness (QED) is 0.860. The van der Waals surface area contributed by atoms with Gasteiger partial charge in [0, 0.05) is 23.4 Å². The Morgan fingerprint density at radius 2 is 1.74 bits per heavy atom. The van der Waals surface area contributed by atoms with Gasteiger partial charge in [-0.1, -0.05) is 29.3 Å². The van der Waals surface area contributed by atoms with Gasteiger partial charge in [0.2, 0.25) is 0 Å². The van der Waals surface area contributed by atoms with E-state index in [0.717, 1.165) is 11.1 Å². The second-order valence-corrected chi connectivity index (χ2v) is 6.03. The van der Waals surface area contributed by atoms with Crippen LogP contribution in [0.4, 0.5) is 0 Å². The molecule has 0 amide bonds. The van der Waals surface area contributed by atoms with Gasteiger partial charge in [-0.25, -0.2) is 0 Å². The Labute approximate surface area is 118 Å². The van der Waals surface area contributed by atoms with Crippen LogP contribution in [0, 0.1) is 6.92 Å². The molecule has 1 saturated carbocycles. The Hall–Kier alpha value is -0.610. The van der Waals surface area contributed by atoms with E-state index >= 15 is 0 Å². The summed E-state index contributed by atoms with van der Waals surface area (Å²) in [6.45, 7) is 3.32. The molecule has 2 aliphatic rings. The predicted molar refractivity (Wildman–Crippen MR) is 73.2 cm³/mol. The maximum Gasteiger partial charge on any atom is 0.168 e. The topological polar surface area (TPSA) is 38.7 Å². The zero-order valence-electron chi connectivity index (χ0n) is 11.1. The van der Waals surface area contributed by atoms with Crippen LogP contribution < -0.4 is 0 Å². The molecular weight excluding hydrogens is 264 g/mol. The summed E-state index contributed by atoms with van der Waals surface area (Å²) >= 11 is 6.25. The summed E-state index contributed by atoms with van der Waals surface area (Å²) in [5.41, 5.74) is 1.09. The number of rotatable bonds is 1. The molecule has 1 saturated heterocycles. The molecule has 2 fully saturated rings. The Morgan fingerprint density at radius 3 is 2.37 bits per heavy atom. The molecule has 4 heteroatoms. The summed E-state index contributed by atoms with van der Waals surface area (Å²) in [6, 6.07) is 5.80. The first kappa shape index (κ1) is 13.4. The van der Waals surface area contributed by atoms with E-state index in [0.29, 0.717) is 43.9 Å². The first-order valence-corrected chi connectivity index (χ1v) is 7.18. The van der Waals surface area contributed by atoms with Gasteiger partial charge in [0.15, 0.2) is 5.79 Å². The van der Waals surface area contributed by atoms with Crippen LogP contribution in [-0.2, 0) is 15.1 Å². The van der Waals surface area contributed by atoms with Gasteiger partial charge in [0.1, 0.15) is 0 Å². The van der Waals surface area contributed by atoms with Crippen molar-refractivity contribution in [2.24, 2.45) is 0 Å². The van der Waals surface area contributed by atoms with Crippen molar-refractivity contribution in [3.8, 4) is 0 Å². The van der Waals surface area contributed by atoms with E-state index in [1.165, 1.54) is 0 Å². The number of benzene rings is 1. The first-order valence-electron chi connectivity index (χ1n) is 6.80. The van der Waals surface area contributed by atoms with Gasteiger partial charge in [-0.15, -0.1) is 0 Å². The highest BCUT2D eigenvalue weighted by molar-refractivity contribution is 6.31. The lowest BCUT2D eigenvalue weighted by atomic mass is 9.77. The normalized spacial score (nSPS) is 24.8. The SMILES string of the molecule is Cc1ccc(Cl)c(C2(O)CCC3(CC2)OCCO3)c1. The van der Waals surface area contributed by atoms with Crippen LogP contribution in [0.3, 0.4) is 0 Å². The van der Waals surface area contributed by atoms with Crippen molar-refractivity contribution in [1.82, 2.24) is 0 Å². The van der Waals surface area contributed by atoms with Crippen molar-refractivity contribution in [1.29, 1.82) is 0 Å². The molecule has 1 aliphatic carbocycles. The Morgan fingerprint density at radius 1 is 1.11 bits per heavy atom. The summed E-state index contributed by atoms with van der Waals surface area (Å²) in [7, 11) is 0. The van der Waals surface area contributed by atoms with Crippen molar-refractivity contribution in [2.75, 3.05) is 13.2 Å². The molecule has 19 heavy (non-hydrogen) atoms. The van der Waals surface area contributed by atoms with Crippen LogP contribution in [0.2, 0.25) is 5.02 Å². The van der Waals surface area contributed by atoms with E-state index in [2.05, 4.69) is 0 Å². The lowest BCUT2D eigenvalue weighted by Crippen LogP contribution is -2.42. The van der Waals surface area contributed by atoms with Gasteiger partial charge < -0.3 is 14.6 Å². The number of ether oxygens (including phenoxy) is 2. The second kappa shape index (κ2) is 4.74. The zero-order valence-corrected chi connectivity index (χ0v) is 11.9. The lowest BCUT2D eigenvalue weighted by Gasteiger charge is -2.41. The van der Waals surface area contributed by atoms with Crippen molar-refractivity contribution in [3.05, 3.63) is 34.3 Å². The predicted octanol–water partition coefficient (Wildman–Crippen LogP) is 3.15. The van der Waals surface area contributed by atoms with Gasteiger partial charge in [0.25, 0.3) is 0 Å². The maximum atomic E-state index is 10.9. The minimum Gasteiger partial charge on any atom is -0.385 e. The van der Waals surface area contributed by atoms with Crippen LogP contribution in [0.15, 0.2) is 18.2 Å². The summed E-state index contributed by atoms with van der Waals surface area (Å²) < 4.78 is 11.4. The Bertz CT molecular complexity index is 470.